The summed E-state index contributed by atoms with van der Waals surface area (Å²) in [4.78, 5) is 27.7. The second-order valence-electron chi connectivity index (χ2n) is 8.93. The Kier molecular flexibility index (Phi) is 5.90. The lowest BCUT2D eigenvalue weighted by Gasteiger charge is -2.49. The number of pyridine rings is 3. The van der Waals surface area contributed by atoms with Gasteiger partial charge in [-0.2, -0.15) is 13.2 Å². The summed E-state index contributed by atoms with van der Waals surface area (Å²) in [5, 5.41) is 0. The van der Waals surface area contributed by atoms with Gasteiger partial charge in [-0.15, -0.1) is 0 Å². The van der Waals surface area contributed by atoms with E-state index in [0.717, 1.165) is 18.7 Å². The van der Waals surface area contributed by atoms with Crippen LogP contribution in [0.5, 0.6) is 5.88 Å². The van der Waals surface area contributed by atoms with Gasteiger partial charge in [0, 0.05) is 30.7 Å². The van der Waals surface area contributed by atoms with Gasteiger partial charge in [-0.3, -0.25) is 14.8 Å². The lowest BCUT2D eigenvalue weighted by atomic mass is 9.77. The van der Waals surface area contributed by atoms with E-state index in [1.165, 1.54) is 24.4 Å². The van der Waals surface area contributed by atoms with Crippen molar-refractivity contribution in [3.05, 3.63) is 71.4 Å². The Morgan fingerprint density at radius 3 is 2.60 bits per heavy atom. The molecule has 6 nitrogen and oxygen atoms in total. The highest BCUT2D eigenvalue weighted by Gasteiger charge is 2.45. The molecule has 0 spiro atoms. The average molecular weight is 486 g/mol. The van der Waals surface area contributed by atoms with Crippen LogP contribution in [-0.2, 0) is 6.18 Å². The van der Waals surface area contributed by atoms with Crippen LogP contribution in [0.2, 0.25) is 0 Å². The largest absolute Gasteiger partial charge is 0.472 e. The fourth-order valence-corrected chi connectivity index (χ4v) is 4.89. The number of amides is 1. The molecule has 2 aliphatic heterocycles. The van der Waals surface area contributed by atoms with Crippen molar-refractivity contribution in [3.8, 4) is 17.3 Å². The summed E-state index contributed by atoms with van der Waals surface area (Å²) in [5.41, 5.74) is 0.191. The third kappa shape index (κ3) is 4.56. The van der Waals surface area contributed by atoms with E-state index in [-0.39, 0.29) is 40.7 Å². The van der Waals surface area contributed by atoms with E-state index >= 15 is 0 Å². The second kappa shape index (κ2) is 8.90. The molecule has 6 rings (SSSR count). The second-order valence-corrected chi connectivity index (χ2v) is 8.93. The maximum Gasteiger partial charge on any atom is 0.417 e. The molecule has 0 N–H and O–H groups in total. The molecule has 10 heteroatoms. The van der Waals surface area contributed by atoms with Crippen LogP contribution < -0.4 is 4.74 Å². The Labute approximate surface area is 199 Å². The number of ether oxygens (including phenoxy) is 1. The van der Waals surface area contributed by atoms with E-state index in [0.29, 0.717) is 25.1 Å². The monoisotopic (exact) mass is 486 g/mol. The number of halogens is 4. The lowest BCUT2D eigenvalue weighted by Crippen LogP contribution is -2.59. The number of aromatic nitrogens is 3. The molecule has 2 saturated heterocycles. The van der Waals surface area contributed by atoms with Gasteiger partial charge in [0.15, 0.2) is 5.82 Å². The number of fused-ring (bicyclic) bond motifs is 3. The Morgan fingerprint density at radius 1 is 1.09 bits per heavy atom. The molecule has 2 bridgehead atoms. The van der Waals surface area contributed by atoms with Crippen molar-refractivity contribution < 1.29 is 27.1 Å². The van der Waals surface area contributed by atoms with Crippen molar-refractivity contribution in [1.29, 1.82) is 0 Å². The first-order valence-corrected chi connectivity index (χ1v) is 11.3. The zero-order valence-corrected chi connectivity index (χ0v) is 18.8. The van der Waals surface area contributed by atoms with Gasteiger partial charge in [-0.05, 0) is 62.4 Å². The molecule has 5 heterocycles. The molecule has 0 unspecified atom stereocenters. The fraction of sp³-hybridized carbons (Fsp3) is 0.360. The van der Waals surface area contributed by atoms with Gasteiger partial charge in [0.2, 0.25) is 5.88 Å². The summed E-state index contributed by atoms with van der Waals surface area (Å²) in [6.45, 7) is 2.27. The molecular formula is C25H22F4N4O2. The Balaban J connectivity index is 1.41. The Hall–Kier alpha value is -3.56. The van der Waals surface area contributed by atoms with E-state index in [9.17, 15) is 22.4 Å². The van der Waals surface area contributed by atoms with E-state index in [4.69, 9.17) is 4.74 Å². The smallest absolute Gasteiger partial charge is 0.417 e. The van der Waals surface area contributed by atoms with Gasteiger partial charge in [0.05, 0.1) is 17.2 Å². The molecule has 3 aliphatic rings. The van der Waals surface area contributed by atoms with Crippen molar-refractivity contribution in [2.24, 2.45) is 5.92 Å². The highest BCUT2D eigenvalue weighted by Crippen LogP contribution is 2.39. The number of alkyl halides is 3. The highest BCUT2D eigenvalue weighted by molar-refractivity contribution is 6.00. The molecule has 0 radical (unpaired) electrons. The van der Waals surface area contributed by atoms with E-state index in [1.807, 2.05) is 0 Å². The number of aryl methyl sites for hydroxylation is 1. The first-order chi connectivity index (χ1) is 16.7. The van der Waals surface area contributed by atoms with Crippen molar-refractivity contribution in [3.63, 3.8) is 0 Å². The molecular weight excluding hydrogens is 464 g/mol. The zero-order chi connectivity index (χ0) is 24.7. The van der Waals surface area contributed by atoms with Gasteiger partial charge < -0.3 is 9.64 Å². The first kappa shape index (κ1) is 23.2. The van der Waals surface area contributed by atoms with Crippen LogP contribution in [0.15, 0.2) is 48.8 Å². The lowest BCUT2D eigenvalue weighted by molar-refractivity contribution is -0.137. The topological polar surface area (TPSA) is 68.2 Å². The predicted molar refractivity (Wildman–Crippen MR) is 118 cm³/mol. The van der Waals surface area contributed by atoms with E-state index in [1.54, 1.807) is 24.0 Å². The van der Waals surface area contributed by atoms with Gasteiger partial charge in [0.25, 0.3) is 5.91 Å². The van der Waals surface area contributed by atoms with Crippen molar-refractivity contribution in [2.45, 2.75) is 44.5 Å². The summed E-state index contributed by atoms with van der Waals surface area (Å²) < 4.78 is 59.0. The third-order valence-corrected chi connectivity index (χ3v) is 6.57. The van der Waals surface area contributed by atoms with Crippen molar-refractivity contribution in [1.82, 2.24) is 19.9 Å². The van der Waals surface area contributed by atoms with Crippen molar-refractivity contribution in [2.75, 3.05) is 6.54 Å². The van der Waals surface area contributed by atoms with Crippen LogP contribution in [0, 0.1) is 18.7 Å². The zero-order valence-electron chi connectivity index (χ0n) is 18.8. The summed E-state index contributed by atoms with van der Waals surface area (Å²) in [5.74, 6) is -0.622. The van der Waals surface area contributed by atoms with Crippen LogP contribution in [-0.4, -0.2) is 44.4 Å². The molecule has 0 aromatic carbocycles. The molecule has 1 aliphatic carbocycles. The number of rotatable bonds is 4. The SMILES string of the molecule is Cc1ccc(C(=O)N2C[C@H]3CC[C@H]2[C@H](Oc2ccc(C(F)(F)F)cn2)C3)c(-c2ncccc2F)n1. The minimum atomic E-state index is -4.48. The first-order valence-electron chi connectivity index (χ1n) is 11.3. The van der Waals surface area contributed by atoms with E-state index in [2.05, 4.69) is 15.0 Å². The number of hydrogen-bond donors (Lipinski definition) is 0. The fourth-order valence-electron chi connectivity index (χ4n) is 4.89. The number of carbonyl (C=O) groups excluding carboxylic acids is 1. The van der Waals surface area contributed by atoms with Crippen LogP contribution in [0.3, 0.4) is 0 Å². The summed E-state index contributed by atoms with van der Waals surface area (Å²) >= 11 is 0. The summed E-state index contributed by atoms with van der Waals surface area (Å²) in [6.07, 6.45) is -0.428. The van der Waals surface area contributed by atoms with Gasteiger partial charge >= 0.3 is 6.18 Å². The number of carbonyl (C=O) groups is 1. The summed E-state index contributed by atoms with van der Waals surface area (Å²) in [6, 6.07) is 7.89. The van der Waals surface area contributed by atoms with Crippen molar-refractivity contribution >= 4 is 5.91 Å². The molecule has 3 aromatic heterocycles. The van der Waals surface area contributed by atoms with Crippen LogP contribution >= 0.6 is 0 Å². The number of hydrogen-bond acceptors (Lipinski definition) is 5. The highest BCUT2D eigenvalue weighted by atomic mass is 19.4. The molecule has 3 fully saturated rings. The normalized spacial score (nSPS) is 21.7. The van der Waals surface area contributed by atoms with Gasteiger partial charge in [-0.1, -0.05) is 0 Å². The van der Waals surface area contributed by atoms with Crippen LogP contribution in [0.4, 0.5) is 17.6 Å². The molecule has 3 atom stereocenters. The van der Waals surface area contributed by atoms with Gasteiger partial charge in [0.1, 0.15) is 17.5 Å². The summed E-state index contributed by atoms with van der Waals surface area (Å²) in [7, 11) is 0. The quantitative estimate of drug-likeness (QED) is 0.482. The maximum atomic E-state index is 14.5. The minimum Gasteiger partial charge on any atom is -0.472 e. The predicted octanol–water partition coefficient (Wildman–Crippen LogP) is 5.08. The molecule has 182 valence electrons. The number of piperidine rings is 2. The van der Waals surface area contributed by atoms with Crippen LogP contribution in [0.1, 0.15) is 40.9 Å². The standard InChI is InChI=1S/C25H22F4N4O2/c1-14-4-7-17(22(32-14)23-18(26)3-2-10-30-23)24(34)33-13-15-5-8-19(33)20(11-15)35-21-9-6-16(12-31-21)25(27,28)29/h2-4,6-7,9-10,12,15,19-20H,5,8,11,13H2,1H3/t15-,19-,20+/m0/s1. The maximum absolute atomic E-state index is 14.5. The molecule has 3 aromatic rings. The molecule has 1 amide bonds. The third-order valence-electron chi connectivity index (χ3n) is 6.57. The number of nitrogens with zero attached hydrogens (tertiary/aromatic N) is 4. The average Bonchev–Trinajstić information content (AvgIpc) is 2.84. The van der Waals surface area contributed by atoms with Crippen LogP contribution in [0.25, 0.3) is 11.4 Å². The Morgan fingerprint density at radius 2 is 1.91 bits per heavy atom. The molecule has 35 heavy (non-hydrogen) atoms. The minimum absolute atomic E-state index is 0.00322. The van der Waals surface area contributed by atoms with Gasteiger partial charge in [-0.25, -0.2) is 9.37 Å². The Bertz CT molecular complexity index is 1250. The molecule has 1 saturated carbocycles. The van der Waals surface area contributed by atoms with E-state index < -0.39 is 23.7 Å².